The van der Waals surface area contributed by atoms with Crippen LogP contribution in [0.3, 0.4) is 0 Å². The second kappa shape index (κ2) is 15.8. The summed E-state index contributed by atoms with van der Waals surface area (Å²) in [5.74, 6) is -0.880. The van der Waals surface area contributed by atoms with E-state index in [1.165, 1.54) is 4.90 Å². The van der Waals surface area contributed by atoms with E-state index in [0.717, 1.165) is 16.9 Å². The summed E-state index contributed by atoms with van der Waals surface area (Å²) in [7, 11) is -0.717. The normalized spacial score (nSPS) is 18.4. The van der Waals surface area contributed by atoms with Gasteiger partial charge in [0.15, 0.2) is 14.1 Å². The molecule has 0 N–H and O–H groups in total. The summed E-state index contributed by atoms with van der Waals surface area (Å²) in [5, 5.41) is -0.106. The maximum Gasteiger partial charge on any atom is 0.416 e. The number of benzene rings is 2. The molecular formula is C36H51NO7Si. The van der Waals surface area contributed by atoms with Crippen molar-refractivity contribution in [3.63, 3.8) is 0 Å². The second-order valence-corrected chi connectivity index (χ2v) is 18.4. The van der Waals surface area contributed by atoms with Gasteiger partial charge in [-0.15, -0.1) is 0 Å². The number of carbonyl (C=O) groups excluding carboxylic acids is 3. The van der Waals surface area contributed by atoms with Gasteiger partial charge in [0, 0.05) is 11.8 Å². The Hall–Kier alpha value is -3.27. The Morgan fingerprint density at radius 3 is 2.27 bits per heavy atom. The maximum atomic E-state index is 14.0. The van der Waals surface area contributed by atoms with Crippen LogP contribution < -0.4 is 4.74 Å². The third kappa shape index (κ3) is 9.86. The first kappa shape index (κ1) is 36.2. The van der Waals surface area contributed by atoms with Crippen LogP contribution in [0.15, 0.2) is 66.7 Å². The van der Waals surface area contributed by atoms with Gasteiger partial charge in [0.25, 0.3) is 0 Å². The molecule has 0 radical (unpaired) electrons. The Labute approximate surface area is 270 Å². The summed E-state index contributed by atoms with van der Waals surface area (Å²) < 4.78 is 23.2. The van der Waals surface area contributed by atoms with Gasteiger partial charge in [0.1, 0.15) is 12.4 Å². The molecule has 9 heteroatoms. The van der Waals surface area contributed by atoms with E-state index in [2.05, 4.69) is 33.9 Å². The van der Waals surface area contributed by atoms with E-state index in [1.807, 2.05) is 81.4 Å². The number of ketones is 1. The lowest BCUT2D eigenvalue weighted by molar-refractivity contribution is -0.136. The van der Waals surface area contributed by atoms with Gasteiger partial charge in [-0.05, 0) is 53.9 Å². The molecule has 0 spiro atoms. The van der Waals surface area contributed by atoms with E-state index < -0.39 is 32.5 Å². The van der Waals surface area contributed by atoms with Gasteiger partial charge in [-0.1, -0.05) is 90.1 Å². The molecule has 0 unspecified atom stereocenters. The lowest BCUT2D eigenvalue weighted by Gasteiger charge is -2.42. The van der Waals surface area contributed by atoms with Crippen molar-refractivity contribution in [3.05, 3.63) is 77.9 Å². The molecule has 246 valence electrons. The number of carbonyl (C=O) groups is 3. The summed E-state index contributed by atoms with van der Waals surface area (Å²) in [6, 6.07) is 17.0. The third-order valence-electron chi connectivity index (χ3n) is 9.00. The molecule has 1 fully saturated rings. The van der Waals surface area contributed by atoms with Crippen molar-refractivity contribution in [2.75, 3.05) is 20.3 Å². The first-order chi connectivity index (χ1) is 21.1. The quantitative estimate of drug-likeness (QED) is 0.150. The minimum Gasteiger partial charge on any atom is -0.497 e. The highest BCUT2D eigenvalue weighted by molar-refractivity contribution is 6.74. The number of ether oxygens (including phenoxy) is 3. The Bertz CT molecular complexity index is 1300. The molecule has 45 heavy (non-hydrogen) atoms. The summed E-state index contributed by atoms with van der Waals surface area (Å²) in [4.78, 5) is 41.2. The van der Waals surface area contributed by atoms with Gasteiger partial charge >= 0.3 is 6.09 Å². The van der Waals surface area contributed by atoms with Crippen LogP contribution in [0.25, 0.3) is 0 Å². The van der Waals surface area contributed by atoms with Crippen LogP contribution in [0.4, 0.5) is 4.79 Å². The zero-order valence-corrected chi connectivity index (χ0v) is 29.4. The van der Waals surface area contributed by atoms with E-state index >= 15 is 0 Å². The molecule has 1 saturated heterocycles. The fraction of sp³-hybridized carbons (Fsp3) is 0.528. The molecule has 3 rings (SSSR count). The summed E-state index contributed by atoms with van der Waals surface area (Å²) in [5.41, 5.74) is 2.02. The molecule has 0 aliphatic carbocycles. The largest absolute Gasteiger partial charge is 0.497 e. The molecule has 1 heterocycles. The van der Waals surface area contributed by atoms with Crippen molar-refractivity contribution in [3.8, 4) is 5.75 Å². The van der Waals surface area contributed by atoms with Gasteiger partial charge in [-0.2, -0.15) is 0 Å². The molecule has 8 nitrogen and oxygen atoms in total. The van der Waals surface area contributed by atoms with Gasteiger partial charge in [0.2, 0.25) is 5.91 Å². The Morgan fingerprint density at radius 1 is 1.02 bits per heavy atom. The number of hydrogen-bond acceptors (Lipinski definition) is 7. The van der Waals surface area contributed by atoms with Crippen LogP contribution in [0.5, 0.6) is 5.75 Å². The molecule has 2 aromatic carbocycles. The minimum absolute atomic E-state index is 0.0623. The molecule has 5 atom stereocenters. The Balaban J connectivity index is 1.72. The van der Waals surface area contributed by atoms with E-state index in [4.69, 9.17) is 18.6 Å². The van der Waals surface area contributed by atoms with Crippen LogP contribution in [0.1, 0.15) is 52.7 Å². The van der Waals surface area contributed by atoms with Crippen LogP contribution in [-0.2, 0) is 36.5 Å². The molecule has 0 aromatic heterocycles. The molecule has 2 aromatic rings. The lowest BCUT2D eigenvalue weighted by atomic mass is 9.90. The van der Waals surface area contributed by atoms with Gasteiger partial charge in [0.05, 0.1) is 38.4 Å². The van der Waals surface area contributed by atoms with Crippen molar-refractivity contribution in [2.45, 2.75) is 84.8 Å². The zero-order chi connectivity index (χ0) is 33.4. The number of methoxy groups -OCH3 is 1. The van der Waals surface area contributed by atoms with E-state index in [9.17, 15) is 14.4 Å². The lowest BCUT2D eigenvalue weighted by Crippen LogP contribution is -2.52. The zero-order valence-electron chi connectivity index (χ0n) is 28.4. The van der Waals surface area contributed by atoms with Crippen LogP contribution in [-0.4, -0.2) is 63.5 Å². The first-order valence-electron chi connectivity index (χ1n) is 15.8. The number of rotatable bonds is 15. The van der Waals surface area contributed by atoms with Crippen molar-refractivity contribution in [1.29, 1.82) is 0 Å². The fourth-order valence-corrected chi connectivity index (χ4v) is 6.44. The number of cyclic esters (lactones) is 1. The number of hydrogen-bond donors (Lipinski definition) is 0. The molecule has 2 amide bonds. The standard InChI is InChI=1S/C36H51NO7Si/c1-25(15-20-32(38)26(2)22-42-23-29-16-18-31(41-7)19-17-29)33(44-45(8,9)36(4,5)6)27(3)34(39)37-30(24-43-35(37)40)21-28-13-11-10-12-14-28/h10-20,25-27,30,33H,21-24H2,1-9H3/b20-15+/t25-,26-,27-,30-,33+/m0/s1. The summed E-state index contributed by atoms with van der Waals surface area (Å²) in [6.45, 7) is 17.2. The smallest absolute Gasteiger partial charge is 0.416 e. The third-order valence-corrected chi connectivity index (χ3v) is 13.5. The summed E-state index contributed by atoms with van der Waals surface area (Å²) >= 11 is 0. The van der Waals surface area contributed by atoms with Gasteiger partial charge in [-0.3, -0.25) is 9.59 Å². The number of nitrogens with zero attached hydrogens (tertiary/aromatic N) is 1. The summed E-state index contributed by atoms with van der Waals surface area (Å²) in [6.07, 6.45) is 2.75. The highest BCUT2D eigenvalue weighted by atomic mass is 28.4. The fourth-order valence-electron chi connectivity index (χ4n) is 4.99. The second-order valence-electron chi connectivity index (χ2n) is 13.6. The Kier molecular flexibility index (Phi) is 12.7. The molecule has 1 aliphatic rings. The van der Waals surface area contributed by atoms with Crippen LogP contribution >= 0.6 is 0 Å². The average molecular weight is 638 g/mol. The van der Waals surface area contributed by atoms with Crippen molar-refractivity contribution < 1.29 is 33.0 Å². The Morgan fingerprint density at radius 2 is 1.67 bits per heavy atom. The minimum atomic E-state index is -2.34. The molecule has 1 aliphatic heterocycles. The number of allylic oxidation sites excluding steroid dienone is 1. The molecular weight excluding hydrogens is 586 g/mol. The molecule has 0 bridgehead atoms. The van der Waals surface area contributed by atoms with Crippen molar-refractivity contribution in [1.82, 2.24) is 4.90 Å². The van der Waals surface area contributed by atoms with E-state index in [1.54, 1.807) is 13.2 Å². The van der Waals surface area contributed by atoms with E-state index in [-0.39, 0.29) is 41.8 Å². The topological polar surface area (TPSA) is 91.4 Å². The van der Waals surface area contributed by atoms with Gasteiger partial charge in [-0.25, -0.2) is 9.69 Å². The van der Waals surface area contributed by atoms with Crippen molar-refractivity contribution >= 4 is 26.1 Å². The monoisotopic (exact) mass is 637 g/mol. The predicted octanol–water partition coefficient (Wildman–Crippen LogP) is 7.23. The SMILES string of the molecule is COc1ccc(COC[C@H](C)C(=O)/C=C/[C@H](C)[C@@H](O[Si](C)(C)C(C)(C)C)[C@H](C)C(=O)N2C(=O)OC[C@@H]2Cc2ccccc2)cc1. The predicted molar refractivity (Wildman–Crippen MR) is 178 cm³/mol. The van der Waals surface area contributed by atoms with Crippen LogP contribution in [0.2, 0.25) is 18.1 Å². The van der Waals surface area contributed by atoms with Gasteiger partial charge < -0.3 is 18.6 Å². The van der Waals surface area contributed by atoms with Crippen molar-refractivity contribution in [2.24, 2.45) is 17.8 Å². The first-order valence-corrected chi connectivity index (χ1v) is 18.7. The molecule has 0 saturated carbocycles. The maximum absolute atomic E-state index is 14.0. The van der Waals surface area contributed by atoms with Crippen LogP contribution in [0, 0.1) is 17.8 Å². The number of amides is 2. The highest BCUT2D eigenvalue weighted by Crippen LogP contribution is 2.40. The van der Waals surface area contributed by atoms with E-state index in [0.29, 0.717) is 13.0 Å². The highest BCUT2D eigenvalue weighted by Gasteiger charge is 2.46. The average Bonchev–Trinajstić information content (AvgIpc) is 3.37. The number of imide groups is 1.